The van der Waals surface area contributed by atoms with Gasteiger partial charge in [-0.3, -0.25) is 4.79 Å². The van der Waals surface area contributed by atoms with Crippen LogP contribution in [0, 0.1) is 0 Å². The van der Waals surface area contributed by atoms with Crippen LogP contribution in [-0.4, -0.2) is 40.2 Å². The number of methoxy groups -OCH3 is 1. The van der Waals surface area contributed by atoms with Crippen LogP contribution in [0.4, 0.5) is 0 Å². The molecule has 0 bridgehead atoms. The van der Waals surface area contributed by atoms with E-state index >= 15 is 0 Å². The monoisotopic (exact) mass is 473 g/mol. The van der Waals surface area contributed by atoms with Gasteiger partial charge in [0, 0.05) is 16.1 Å². The Hall–Kier alpha value is -2.87. The number of halogens is 1. The summed E-state index contributed by atoms with van der Waals surface area (Å²) >= 11 is 3.39. The molecule has 0 unspecified atom stereocenters. The van der Waals surface area contributed by atoms with E-state index < -0.39 is 6.10 Å². The fraction of sp³-hybridized carbons (Fsp3) is 0.318. The second kappa shape index (κ2) is 9.75. The number of ether oxygens (including phenoxy) is 2. The zero-order valence-corrected chi connectivity index (χ0v) is 18.9. The molecule has 1 heterocycles. The highest BCUT2D eigenvalue weighted by Gasteiger charge is 2.26. The van der Waals surface area contributed by atoms with Crippen LogP contribution in [0.5, 0.6) is 11.5 Å². The van der Waals surface area contributed by atoms with Gasteiger partial charge < -0.3 is 18.9 Å². The highest BCUT2D eigenvalue weighted by atomic mass is 79.9. The molecule has 2 aromatic carbocycles. The molecular weight excluding hydrogens is 450 g/mol. The number of hydrogen-bond acceptors (Lipinski definition) is 6. The number of rotatable bonds is 8. The van der Waals surface area contributed by atoms with Crippen molar-refractivity contribution in [2.75, 3.05) is 7.11 Å². The lowest BCUT2D eigenvalue weighted by molar-refractivity contribution is -0.140. The van der Waals surface area contributed by atoms with Crippen molar-refractivity contribution in [2.24, 2.45) is 0 Å². The molecule has 7 nitrogen and oxygen atoms in total. The molecule has 0 spiro atoms. The lowest BCUT2D eigenvalue weighted by atomic mass is 10.2. The third-order valence-electron chi connectivity index (χ3n) is 4.50. The van der Waals surface area contributed by atoms with Crippen molar-refractivity contribution in [2.45, 2.75) is 39.5 Å². The molecule has 0 saturated heterocycles. The minimum atomic E-state index is -0.655. The Balaban J connectivity index is 1.69. The van der Waals surface area contributed by atoms with Crippen LogP contribution in [0.2, 0.25) is 0 Å². The quantitative estimate of drug-likeness (QED) is 0.471. The summed E-state index contributed by atoms with van der Waals surface area (Å²) in [4.78, 5) is 19.1. The topological polar surface area (TPSA) is 77.7 Å². The number of nitrogens with zero attached hydrogens (tertiary/aromatic N) is 3. The Kier molecular flexibility index (Phi) is 7.10. The molecule has 0 fully saturated rings. The molecule has 1 atom stereocenters. The average Bonchev–Trinajstić information content (AvgIpc) is 3.21. The molecule has 158 valence electrons. The van der Waals surface area contributed by atoms with Gasteiger partial charge in [-0.15, -0.1) is 0 Å². The van der Waals surface area contributed by atoms with Crippen LogP contribution >= 0.6 is 15.9 Å². The van der Waals surface area contributed by atoms with Crippen molar-refractivity contribution in [3.63, 3.8) is 0 Å². The number of aromatic nitrogens is 2. The standard InChI is InChI=1S/C22H24BrN3O4/c1-14(2)26(22(27)15(3)29-19-11-7-17(23)8-12-19)13-20-24-21(25-30-20)16-5-9-18(28-4)10-6-16/h5-12,14-15H,13H2,1-4H3/t15-/m1/s1. The summed E-state index contributed by atoms with van der Waals surface area (Å²) < 4.78 is 17.3. The van der Waals surface area contributed by atoms with Gasteiger partial charge in [0.05, 0.1) is 7.11 Å². The van der Waals surface area contributed by atoms with E-state index in [9.17, 15) is 4.79 Å². The molecule has 8 heteroatoms. The summed E-state index contributed by atoms with van der Waals surface area (Å²) in [7, 11) is 1.61. The molecule has 1 amide bonds. The van der Waals surface area contributed by atoms with Crippen LogP contribution in [0.15, 0.2) is 57.5 Å². The number of carbonyl (C=O) groups is 1. The average molecular weight is 474 g/mol. The highest BCUT2D eigenvalue weighted by molar-refractivity contribution is 9.10. The molecule has 3 aromatic rings. The number of hydrogen-bond donors (Lipinski definition) is 0. The van der Waals surface area contributed by atoms with Gasteiger partial charge in [-0.25, -0.2) is 0 Å². The van der Waals surface area contributed by atoms with Crippen molar-refractivity contribution in [3.05, 3.63) is 58.9 Å². The first-order valence-electron chi connectivity index (χ1n) is 9.57. The van der Waals surface area contributed by atoms with E-state index in [1.807, 2.05) is 62.4 Å². The van der Waals surface area contributed by atoms with E-state index in [4.69, 9.17) is 14.0 Å². The summed E-state index contributed by atoms with van der Waals surface area (Å²) in [5.41, 5.74) is 0.806. The van der Waals surface area contributed by atoms with Gasteiger partial charge in [0.1, 0.15) is 18.0 Å². The highest BCUT2D eigenvalue weighted by Crippen LogP contribution is 2.21. The molecule has 0 N–H and O–H groups in total. The summed E-state index contributed by atoms with van der Waals surface area (Å²) in [5.74, 6) is 2.04. The molecule has 0 aliphatic rings. The van der Waals surface area contributed by atoms with Gasteiger partial charge in [-0.2, -0.15) is 4.98 Å². The van der Waals surface area contributed by atoms with Gasteiger partial charge >= 0.3 is 0 Å². The number of benzene rings is 2. The largest absolute Gasteiger partial charge is 0.497 e. The van der Waals surface area contributed by atoms with E-state index in [1.165, 1.54) is 0 Å². The molecule has 0 aliphatic carbocycles. The Bertz CT molecular complexity index is 971. The van der Waals surface area contributed by atoms with Crippen molar-refractivity contribution in [3.8, 4) is 22.9 Å². The lowest BCUT2D eigenvalue weighted by Crippen LogP contribution is -2.43. The van der Waals surface area contributed by atoms with Crippen LogP contribution < -0.4 is 9.47 Å². The third-order valence-corrected chi connectivity index (χ3v) is 5.03. The SMILES string of the molecule is COc1ccc(-c2noc(CN(C(=O)[C@@H](C)Oc3ccc(Br)cc3)C(C)C)n2)cc1. The fourth-order valence-corrected chi connectivity index (χ4v) is 3.10. The second-order valence-corrected chi connectivity index (χ2v) is 7.93. The van der Waals surface area contributed by atoms with Gasteiger partial charge in [0.25, 0.3) is 5.91 Å². The maximum Gasteiger partial charge on any atom is 0.264 e. The Morgan fingerprint density at radius 2 is 1.70 bits per heavy atom. The first kappa shape index (κ1) is 21.8. The smallest absolute Gasteiger partial charge is 0.264 e. The van der Waals surface area contributed by atoms with Crippen molar-refractivity contribution >= 4 is 21.8 Å². The molecule has 1 aromatic heterocycles. The lowest BCUT2D eigenvalue weighted by Gasteiger charge is -2.28. The maximum absolute atomic E-state index is 13.0. The van der Waals surface area contributed by atoms with E-state index in [1.54, 1.807) is 18.9 Å². The zero-order valence-electron chi connectivity index (χ0n) is 17.3. The van der Waals surface area contributed by atoms with E-state index in [0.717, 1.165) is 15.8 Å². The first-order chi connectivity index (χ1) is 14.4. The van der Waals surface area contributed by atoms with E-state index in [0.29, 0.717) is 17.5 Å². The normalized spacial score (nSPS) is 11.9. The molecular formula is C22H24BrN3O4. The van der Waals surface area contributed by atoms with Crippen LogP contribution in [-0.2, 0) is 11.3 Å². The Labute approximate surface area is 184 Å². The van der Waals surface area contributed by atoms with Gasteiger partial charge in [0.2, 0.25) is 11.7 Å². The fourth-order valence-electron chi connectivity index (χ4n) is 2.84. The maximum atomic E-state index is 13.0. The van der Waals surface area contributed by atoms with Crippen molar-refractivity contribution in [1.82, 2.24) is 15.0 Å². The summed E-state index contributed by atoms with van der Waals surface area (Å²) in [5, 5.41) is 4.03. The summed E-state index contributed by atoms with van der Waals surface area (Å²) in [6.45, 7) is 5.81. The minimum Gasteiger partial charge on any atom is -0.497 e. The predicted molar refractivity (Wildman–Crippen MR) is 116 cm³/mol. The van der Waals surface area contributed by atoms with Crippen LogP contribution in [0.25, 0.3) is 11.4 Å². The van der Waals surface area contributed by atoms with Crippen LogP contribution in [0.1, 0.15) is 26.7 Å². The zero-order chi connectivity index (χ0) is 21.7. The Morgan fingerprint density at radius 1 is 1.07 bits per heavy atom. The molecule has 0 radical (unpaired) electrons. The number of amides is 1. The van der Waals surface area contributed by atoms with Gasteiger partial charge in [-0.1, -0.05) is 21.1 Å². The first-order valence-corrected chi connectivity index (χ1v) is 10.4. The van der Waals surface area contributed by atoms with Crippen molar-refractivity contribution in [1.29, 1.82) is 0 Å². The number of carbonyl (C=O) groups excluding carboxylic acids is 1. The molecule has 0 saturated carbocycles. The Morgan fingerprint density at radius 3 is 2.30 bits per heavy atom. The summed E-state index contributed by atoms with van der Waals surface area (Å²) in [6, 6.07) is 14.7. The molecule has 30 heavy (non-hydrogen) atoms. The molecule has 3 rings (SSSR count). The van der Waals surface area contributed by atoms with E-state index in [-0.39, 0.29) is 18.5 Å². The van der Waals surface area contributed by atoms with Crippen molar-refractivity contribution < 1.29 is 18.8 Å². The van der Waals surface area contributed by atoms with Gasteiger partial charge in [0.15, 0.2) is 6.10 Å². The second-order valence-electron chi connectivity index (χ2n) is 7.01. The third kappa shape index (κ3) is 5.38. The minimum absolute atomic E-state index is 0.0650. The van der Waals surface area contributed by atoms with E-state index in [2.05, 4.69) is 26.1 Å². The summed E-state index contributed by atoms with van der Waals surface area (Å²) in [6.07, 6.45) is -0.655. The van der Waals surface area contributed by atoms with Gasteiger partial charge in [-0.05, 0) is 69.3 Å². The molecule has 0 aliphatic heterocycles. The predicted octanol–water partition coefficient (Wildman–Crippen LogP) is 4.71. The van der Waals surface area contributed by atoms with Crippen LogP contribution in [0.3, 0.4) is 0 Å².